The summed E-state index contributed by atoms with van der Waals surface area (Å²) in [4.78, 5) is 24.8. The van der Waals surface area contributed by atoms with Crippen LogP contribution in [-0.2, 0) is 6.18 Å². The minimum absolute atomic E-state index is 0.310. The predicted molar refractivity (Wildman–Crippen MR) is 123 cm³/mol. The number of rotatable bonds is 5. The molecule has 2 amide bonds. The van der Waals surface area contributed by atoms with Crippen molar-refractivity contribution in [2.24, 2.45) is 0 Å². The molecular formula is C23H23F3N6O2. The Balaban J connectivity index is 1.32. The molecule has 4 rings (SSSR count). The third-order valence-electron chi connectivity index (χ3n) is 5.35. The second-order valence-electron chi connectivity index (χ2n) is 7.60. The number of urea groups is 1. The van der Waals surface area contributed by atoms with Crippen LogP contribution in [0.5, 0.6) is 5.75 Å². The molecule has 0 radical (unpaired) electrons. The molecule has 34 heavy (non-hydrogen) atoms. The van der Waals surface area contributed by atoms with Gasteiger partial charge in [-0.2, -0.15) is 13.2 Å². The number of carbonyl (C=O) groups excluding carboxylic acids is 1. The maximum Gasteiger partial charge on any atom is 0.416 e. The predicted octanol–water partition coefficient (Wildman–Crippen LogP) is 4.60. The van der Waals surface area contributed by atoms with Crippen LogP contribution in [0.25, 0.3) is 0 Å². The Morgan fingerprint density at radius 3 is 2.38 bits per heavy atom. The van der Waals surface area contributed by atoms with E-state index >= 15 is 0 Å². The number of carbonyl (C=O) groups is 1. The van der Waals surface area contributed by atoms with Gasteiger partial charge in [-0.25, -0.2) is 14.8 Å². The first-order valence-corrected chi connectivity index (χ1v) is 10.5. The molecule has 3 aromatic rings. The van der Waals surface area contributed by atoms with Gasteiger partial charge in [0, 0.05) is 49.7 Å². The first-order chi connectivity index (χ1) is 16.3. The molecule has 8 nitrogen and oxygen atoms in total. The normalized spacial score (nSPS) is 14.0. The van der Waals surface area contributed by atoms with Crippen LogP contribution < -0.4 is 20.3 Å². The number of piperazine rings is 1. The molecule has 1 fully saturated rings. The molecule has 2 N–H and O–H groups in total. The molecule has 0 spiro atoms. The SMILES string of the molecule is COc1cccc(Nc2cc(N3CCN(C(=O)Nc4ccc(C(F)(F)F)cc4)CC3)ncn2)c1. The zero-order valence-corrected chi connectivity index (χ0v) is 18.3. The first kappa shape index (κ1) is 23.1. The summed E-state index contributed by atoms with van der Waals surface area (Å²) >= 11 is 0. The lowest BCUT2D eigenvalue weighted by Crippen LogP contribution is -2.50. The van der Waals surface area contributed by atoms with Crippen LogP contribution in [0.1, 0.15) is 5.56 Å². The molecule has 0 atom stereocenters. The zero-order valence-electron chi connectivity index (χ0n) is 18.3. The topological polar surface area (TPSA) is 82.6 Å². The van der Waals surface area contributed by atoms with E-state index in [0.717, 1.165) is 29.4 Å². The van der Waals surface area contributed by atoms with Crippen molar-refractivity contribution in [1.82, 2.24) is 14.9 Å². The van der Waals surface area contributed by atoms with Gasteiger partial charge in [-0.3, -0.25) is 0 Å². The lowest BCUT2D eigenvalue weighted by Gasteiger charge is -2.35. The highest BCUT2D eigenvalue weighted by molar-refractivity contribution is 5.89. The lowest BCUT2D eigenvalue weighted by molar-refractivity contribution is -0.137. The number of anilines is 4. The van der Waals surface area contributed by atoms with E-state index in [9.17, 15) is 18.0 Å². The summed E-state index contributed by atoms with van der Waals surface area (Å²) in [5.41, 5.74) is 0.377. The molecule has 1 aliphatic rings. The van der Waals surface area contributed by atoms with Crippen molar-refractivity contribution >= 4 is 29.0 Å². The number of methoxy groups -OCH3 is 1. The van der Waals surface area contributed by atoms with E-state index in [-0.39, 0.29) is 6.03 Å². The minimum Gasteiger partial charge on any atom is -0.497 e. The fourth-order valence-electron chi connectivity index (χ4n) is 3.52. The molecule has 0 bridgehead atoms. The van der Waals surface area contributed by atoms with E-state index in [4.69, 9.17) is 4.74 Å². The summed E-state index contributed by atoms with van der Waals surface area (Å²) in [6.45, 7) is 1.98. The van der Waals surface area contributed by atoms with Gasteiger partial charge in [0.25, 0.3) is 0 Å². The van der Waals surface area contributed by atoms with Gasteiger partial charge < -0.3 is 25.2 Å². The van der Waals surface area contributed by atoms with Crippen molar-refractivity contribution in [3.05, 3.63) is 66.5 Å². The van der Waals surface area contributed by atoms with Crippen molar-refractivity contribution < 1.29 is 22.7 Å². The number of hydrogen-bond donors (Lipinski definition) is 2. The minimum atomic E-state index is -4.41. The van der Waals surface area contributed by atoms with Crippen LogP contribution in [-0.4, -0.2) is 54.2 Å². The van der Waals surface area contributed by atoms with E-state index in [1.165, 1.54) is 18.5 Å². The smallest absolute Gasteiger partial charge is 0.416 e. The fraction of sp³-hybridized carbons (Fsp3) is 0.261. The summed E-state index contributed by atoms with van der Waals surface area (Å²) < 4.78 is 43.3. The van der Waals surface area contributed by atoms with E-state index < -0.39 is 11.7 Å². The van der Waals surface area contributed by atoms with Crippen LogP contribution >= 0.6 is 0 Å². The zero-order chi connectivity index (χ0) is 24.1. The maximum absolute atomic E-state index is 12.7. The van der Waals surface area contributed by atoms with Gasteiger partial charge in [0.05, 0.1) is 12.7 Å². The molecule has 0 aliphatic carbocycles. The lowest BCUT2D eigenvalue weighted by atomic mass is 10.2. The number of ether oxygens (including phenoxy) is 1. The number of benzene rings is 2. The monoisotopic (exact) mass is 472 g/mol. The van der Waals surface area contributed by atoms with Gasteiger partial charge in [-0.1, -0.05) is 6.07 Å². The molecule has 0 saturated carbocycles. The van der Waals surface area contributed by atoms with Crippen molar-refractivity contribution in [3.8, 4) is 5.75 Å². The van der Waals surface area contributed by atoms with Crippen LogP contribution in [0, 0.1) is 0 Å². The largest absolute Gasteiger partial charge is 0.497 e. The van der Waals surface area contributed by atoms with Gasteiger partial charge in [0.1, 0.15) is 23.7 Å². The number of halogens is 3. The second-order valence-corrected chi connectivity index (χ2v) is 7.60. The van der Waals surface area contributed by atoms with Gasteiger partial charge in [-0.05, 0) is 36.4 Å². The van der Waals surface area contributed by atoms with Crippen molar-refractivity contribution in [3.63, 3.8) is 0 Å². The van der Waals surface area contributed by atoms with Crippen molar-refractivity contribution in [2.75, 3.05) is 48.8 Å². The summed E-state index contributed by atoms with van der Waals surface area (Å²) in [5.74, 6) is 2.08. The van der Waals surface area contributed by atoms with E-state index in [2.05, 4.69) is 20.6 Å². The molecule has 2 heterocycles. The van der Waals surface area contributed by atoms with Crippen LogP contribution in [0.3, 0.4) is 0 Å². The molecule has 1 aliphatic heterocycles. The Hall–Kier alpha value is -4.02. The molecule has 1 aromatic heterocycles. The molecule has 178 valence electrons. The highest BCUT2D eigenvalue weighted by Crippen LogP contribution is 2.30. The van der Waals surface area contributed by atoms with E-state index in [1.54, 1.807) is 12.0 Å². The van der Waals surface area contributed by atoms with Crippen LogP contribution in [0.2, 0.25) is 0 Å². The average Bonchev–Trinajstić information content (AvgIpc) is 2.84. The van der Waals surface area contributed by atoms with Crippen LogP contribution in [0.15, 0.2) is 60.9 Å². The molecule has 0 unspecified atom stereocenters. The summed E-state index contributed by atoms with van der Waals surface area (Å²) in [7, 11) is 1.60. The number of nitrogens with zero attached hydrogens (tertiary/aromatic N) is 4. The molecule has 11 heteroatoms. The Kier molecular flexibility index (Phi) is 6.71. The van der Waals surface area contributed by atoms with Gasteiger partial charge in [-0.15, -0.1) is 0 Å². The standard InChI is InChI=1S/C23H23F3N6O2/c1-34-19-4-2-3-18(13-19)29-20-14-21(28-15-27-20)31-9-11-32(12-10-31)22(33)30-17-7-5-16(6-8-17)23(24,25)26/h2-8,13-15H,9-12H2,1H3,(H,30,33)(H,27,28,29). The molecule has 2 aromatic carbocycles. The van der Waals surface area contributed by atoms with E-state index in [0.29, 0.717) is 37.7 Å². The molecular weight excluding hydrogens is 449 g/mol. The van der Waals surface area contributed by atoms with Gasteiger partial charge >= 0.3 is 12.2 Å². The molecule has 1 saturated heterocycles. The second kappa shape index (κ2) is 9.86. The highest BCUT2D eigenvalue weighted by atomic mass is 19.4. The third-order valence-corrected chi connectivity index (χ3v) is 5.35. The Morgan fingerprint density at radius 1 is 0.971 bits per heavy atom. The average molecular weight is 472 g/mol. The maximum atomic E-state index is 12.7. The van der Waals surface area contributed by atoms with Gasteiger partial charge in [0.15, 0.2) is 0 Å². The van der Waals surface area contributed by atoms with Crippen LogP contribution in [0.4, 0.5) is 41.0 Å². The number of alkyl halides is 3. The Bertz CT molecular complexity index is 1130. The number of hydrogen-bond acceptors (Lipinski definition) is 6. The summed E-state index contributed by atoms with van der Waals surface area (Å²) in [6, 6.07) is 13.3. The van der Waals surface area contributed by atoms with Crippen molar-refractivity contribution in [2.45, 2.75) is 6.18 Å². The Morgan fingerprint density at radius 2 is 1.71 bits per heavy atom. The summed E-state index contributed by atoms with van der Waals surface area (Å²) in [6.07, 6.45) is -2.94. The summed E-state index contributed by atoms with van der Waals surface area (Å²) in [5, 5.41) is 5.87. The highest BCUT2D eigenvalue weighted by Gasteiger charge is 2.30. The quantitative estimate of drug-likeness (QED) is 0.565. The van der Waals surface area contributed by atoms with E-state index in [1.807, 2.05) is 35.2 Å². The number of nitrogens with one attached hydrogen (secondary N) is 2. The number of amides is 2. The Labute approximate surface area is 194 Å². The van der Waals surface area contributed by atoms with Gasteiger partial charge in [0.2, 0.25) is 0 Å². The third kappa shape index (κ3) is 5.66. The fourth-order valence-corrected chi connectivity index (χ4v) is 3.52. The first-order valence-electron chi connectivity index (χ1n) is 10.5. The number of aromatic nitrogens is 2. The van der Waals surface area contributed by atoms with Crippen molar-refractivity contribution in [1.29, 1.82) is 0 Å².